The zero-order valence-corrected chi connectivity index (χ0v) is 13.1. The van der Waals surface area contributed by atoms with Crippen molar-refractivity contribution < 1.29 is 8.78 Å². The van der Waals surface area contributed by atoms with Crippen LogP contribution in [0.1, 0.15) is 46.1 Å². The van der Waals surface area contributed by atoms with Crippen molar-refractivity contribution in [1.82, 2.24) is 5.32 Å². The van der Waals surface area contributed by atoms with Gasteiger partial charge in [0, 0.05) is 6.54 Å². The predicted octanol–water partition coefficient (Wildman–Crippen LogP) is 4.56. The Labute approximate surface area is 121 Å². The molecule has 0 aliphatic heterocycles. The van der Waals surface area contributed by atoms with E-state index in [1.165, 1.54) is 18.2 Å². The van der Waals surface area contributed by atoms with Gasteiger partial charge in [0.15, 0.2) is 0 Å². The smallest absolute Gasteiger partial charge is 0.126 e. The minimum Gasteiger partial charge on any atom is -0.316 e. The van der Waals surface area contributed by atoms with Crippen molar-refractivity contribution in [1.29, 1.82) is 0 Å². The van der Waals surface area contributed by atoms with Crippen molar-refractivity contribution in [2.75, 3.05) is 13.1 Å². The Bertz CT molecular complexity index is 411. The zero-order valence-electron chi connectivity index (χ0n) is 13.1. The SMILES string of the molecule is CCC(CC)(CNCC(C)C)Cc1cc(F)ccc1F. The summed E-state index contributed by atoms with van der Waals surface area (Å²) in [5.74, 6) is -0.0773. The van der Waals surface area contributed by atoms with Gasteiger partial charge in [0.1, 0.15) is 11.6 Å². The highest BCUT2D eigenvalue weighted by Gasteiger charge is 2.27. The molecule has 1 aromatic carbocycles. The molecule has 20 heavy (non-hydrogen) atoms. The van der Waals surface area contributed by atoms with Gasteiger partial charge in [0.2, 0.25) is 0 Å². The molecular weight excluding hydrogens is 256 g/mol. The molecule has 3 heteroatoms. The van der Waals surface area contributed by atoms with E-state index >= 15 is 0 Å². The van der Waals surface area contributed by atoms with E-state index in [-0.39, 0.29) is 17.0 Å². The molecule has 114 valence electrons. The van der Waals surface area contributed by atoms with E-state index in [9.17, 15) is 8.78 Å². The van der Waals surface area contributed by atoms with Gasteiger partial charge in [0.25, 0.3) is 0 Å². The fourth-order valence-electron chi connectivity index (χ4n) is 2.52. The second-order valence-corrected chi connectivity index (χ2v) is 6.14. The summed E-state index contributed by atoms with van der Waals surface area (Å²) < 4.78 is 27.1. The van der Waals surface area contributed by atoms with Crippen molar-refractivity contribution in [3.05, 3.63) is 35.4 Å². The van der Waals surface area contributed by atoms with Crippen molar-refractivity contribution in [2.45, 2.75) is 47.0 Å². The number of hydrogen-bond acceptors (Lipinski definition) is 1. The first-order valence-electron chi connectivity index (χ1n) is 7.57. The minimum absolute atomic E-state index is 0.0104. The van der Waals surface area contributed by atoms with Gasteiger partial charge in [-0.05, 0) is 60.9 Å². The van der Waals surface area contributed by atoms with Crippen molar-refractivity contribution >= 4 is 0 Å². The molecule has 0 unspecified atom stereocenters. The quantitative estimate of drug-likeness (QED) is 0.737. The average molecular weight is 283 g/mol. The molecule has 0 bridgehead atoms. The normalized spacial score (nSPS) is 12.2. The molecule has 0 atom stereocenters. The number of nitrogens with one attached hydrogen (secondary N) is 1. The highest BCUT2D eigenvalue weighted by molar-refractivity contribution is 5.20. The standard InChI is InChI=1S/C17H27F2N/c1-5-17(6-2,12-20-11-13(3)4)10-14-9-15(18)7-8-16(14)19/h7-9,13,20H,5-6,10-12H2,1-4H3. The Morgan fingerprint density at radius 3 is 2.35 bits per heavy atom. The highest BCUT2D eigenvalue weighted by Crippen LogP contribution is 2.31. The summed E-state index contributed by atoms with van der Waals surface area (Å²) in [7, 11) is 0. The second kappa shape index (κ2) is 7.72. The molecule has 0 heterocycles. The van der Waals surface area contributed by atoms with Crippen LogP contribution in [0.15, 0.2) is 18.2 Å². The molecule has 0 saturated carbocycles. The summed E-state index contributed by atoms with van der Waals surface area (Å²) in [6.07, 6.45) is 2.48. The summed E-state index contributed by atoms with van der Waals surface area (Å²) in [5.41, 5.74) is 0.476. The van der Waals surface area contributed by atoms with Crippen molar-refractivity contribution in [3.63, 3.8) is 0 Å². The molecule has 0 fully saturated rings. The molecule has 1 rings (SSSR count). The topological polar surface area (TPSA) is 12.0 Å². The maximum Gasteiger partial charge on any atom is 0.126 e. The zero-order chi connectivity index (χ0) is 15.2. The third kappa shape index (κ3) is 4.86. The Morgan fingerprint density at radius 2 is 1.80 bits per heavy atom. The van der Waals surface area contributed by atoms with E-state index in [0.717, 1.165) is 25.9 Å². The van der Waals surface area contributed by atoms with Crippen LogP contribution in [0.5, 0.6) is 0 Å². The van der Waals surface area contributed by atoms with Crippen molar-refractivity contribution in [2.24, 2.45) is 11.3 Å². The molecule has 0 aliphatic carbocycles. The maximum absolute atomic E-state index is 13.8. The van der Waals surface area contributed by atoms with E-state index in [1.807, 2.05) is 0 Å². The van der Waals surface area contributed by atoms with Crippen LogP contribution in [0.25, 0.3) is 0 Å². The van der Waals surface area contributed by atoms with Crippen LogP contribution in [0, 0.1) is 23.0 Å². The van der Waals surface area contributed by atoms with Crippen molar-refractivity contribution in [3.8, 4) is 0 Å². The molecule has 0 radical (unpaired) electrons. The lowest BCUT2D eigenvalue weighted by atomic mass is 9.76. The molecule has 0 spiro atoms. The minimum atomic E-state index is -0.363. The summed E-state index contributed by atoms with van der Waals surface area (Å²) in [6, 6.07) is 3.73. The Kier molecular flexibility index (Phi) is 6.60. The Morgan fingerprint density at radius 1 is 1.15 bits per heavy atom. The lowest BCUT2D eigenvalue weighted by molar-refractivity contribution is 0.240. The Balaban J connectivity index is 2.81. The average Bonchev–Trinajstić information content (AvgIpc) is 2.41. The first-order chi connectivity index (χ1) is 9.42. The monoisotopic (exact) mass is 283 g/mol. The Hall–Kier alpha value is -0.960. The van der Waals surface area contributed by atoms with Gasteiger partial charge >= 0.3 is 0 Å². The van der Waals surface area contributed by atoms with Gasteiger partial charge < -0.3 is 5.32 Å². The number of hydrogen-bond donors (Lipinski definition) is 1. The van der Waals surface area contributed by atoms with E-state index in [4.69, 9.17) is 0 Å². The van der Waals surface area contributed by atoms with Crippen LogP contribution in [-0.4, -0.2) is 13.1 Å². The van der Waals surface area contributed by atoms with E-state index in [1.54, 1.807) is 0 Å². The molecule has 0 saturated heterocycles. The lowest BCUT2D eigenvalue weighted by Crippen LogP contribution is -2.37. The van der Waals surface area contributed by atoms with Crippen LogP contribution < -0.4 is 5.32 Å². The molecule has 1 nitrogen and oxygen atoms in total. The van der Waals surface area contributed by atoms with Gasteiger partial charge in [-0.2, -0.15) is 0 Å². The van der Waals surface area contributed by atoms with Gasteiger partial charge in [0.05, 0.1) is 0 Å². The largest absolute Gasteiger partial charge is 0.316 e. The van der Waals surface area contributed by atoms with Crippen LogP contribution in [0.4, 0.5) is 8.78 Å². The fraction of sp³-hybridized carbons (Fsp3) is 0.647. The molecule has 1 aromatic rings. The lowest BCUT2D eigenvalue weighted by Gasteiger charge is -2.33. The molecule has 0 amide bonds. The number of rotatable bonds is 8. The first kappa shape index (κ1) is 17.1. The van der Waals surface area contributed by atoms with Gasteiger partial charge in [-0.1, -0.05) is 27.7 Å². The third-order valence-electron chi connectivity index (χ3n) is 4.13. The van der Waals surface area contributed by atoms with E-state index in [0.29, 0.717) is 17.9 Å². The van der Waals surface area contributed by atoms with Crippen LogP contribution in [0.2, 0.25) is 0 Å². The fourth-order valence-corrected chi connectivity index (χ4v) is 2.52. The van der Waals surface area contributed by atoms with Gasteiger partial charge in [-0.25, -0.2) is 8.78 Å². The maximum atomic E-state index is 13.8. The molecular formula is C17H27F2N. The van der Waals surface area contributed by atoms with Crippen LogP contribution in [0.3, 0.4) is 0 Å². The first-order valence-corrected chi connectivity index (χ1v) is 7.57. The summed E-state index contributed by atoms with van der Waals surface area (Å²) in [5, 5.41) is 3.47. The number of halogens is 2. The highest BCUT2D eigenvalue weighted by atomic mass is 19.1. The predicted molar refractivity (Wildman–Crippen MR) is 80.8 cm³/mol. The van der Waals surface area contributed by atoms with Gasteiger partial charge in [-0.15, -0.1) is 0 Å². The summed E-state index contributed by atoms with van der Waals surface area (Å²) >= 11 is 0. The van der Waals surface area contributed by atoms with Gasteiger partial charge in [-0.3, -0.25) is 0 Å². The van der Waals surface area contributed by atoms with E-state index in [2.05, 4.69) is 33.0 Å². The second-order valence-electron chi connectivity index (χ2n) is 6.14. The van der Waals surface area contributed by atoms with Crippen LogP contribution in [-0.2, 0) is 6.42 Å². The number of benzene rings is 1. The summed E-state index contributed by atoms with van der Waals surface area (Å²) in [4.78, 5) is 0. The third-order valence-corrected chi connectivity index (χ3v) is 4.13. The molecule has 0 aromatic heterocycles. The summed E-state index contributed by atoms with van der Waals surface area (Å²) in [6.45, 7) is 10.4. The van der Waals surface area contributed by atoms with Crippen LogP contribution >= 0.6 is 0 Å². The molecule has 0 aliphatic rings. The van der Waals surface area contributed by atoms with E-state index < -0.39 is 0 Å². The molecule has 1 N–H and O–H groups in total.